The molecule has 1 aromatic carbocycles. The van der Waals surface area contributed by atoms with Crippen LogP contribution in [-0.4, -0.2) is 29.5 Å². The topological polar surface area (TPSA) is 61.4 Å². The van der Waals surface area contributed by atoms with Gasteiger partial charge in [0.25, 0.3) is 0 Å². The van der Waals surface area contributed by atoms with E-state index < -0.39 is 0 Å². The fourth-order valence-corrected chi connectivity index (χ4v) is 2.39. The van der Waals surface area contributed by atoms with Gasteiger partial charge in [-0.2, -0.15) is 15.0 Å². The molecule has 0 spiro atoms. The van der Waals surface area contributed by atoms with E-state index in [2.05, 4.69) is 20.2 Å². The molecule has 4 rings (SSSR count). The van der Waals surface area contributed by atoms with Crippen LogP contribution < -0.4 is 0 Å². The van der Waals surface area contributed by atoms with Crippen molar-refractivity contribution >= 4 is 0 Å². The Morgan fingerprint density at radius 3 is 2.57 bits per heavy atom. The van der Waals surface area contributed by atoms with Gasteiger partial charge in [-0.15, -0.1) is 0 Å². The zero-order chi connectivity index (χ0) is 15.5. The first kappa shape index (κ1) is 13.4. The Morgan fingerprint density at radius 1 is 0.870 bits per heavy atom. The lowest BCUT2D eigenvalue weighted by Gasteiger charge is -2.05. The molecular weight excluding hydrogens is 288 g/mol. The summed E-state index contributed by atoms with van der Waals surface area (Å²) < 4.78 is 2.02. The van der Waals surface area contributed by atoms with Crippen molar-refractivity contribution in [3.8, 4) is 17.2 Å². The fourth-order valence-electron chi connectivity index (χ4n) is 2.39. The Balaban J connectivity index is 1.61. The lowest BCUT2D eigenvalue weighted by atomic mass is 10.3. The Morgan fingerprint density at radius 2 is 1.74 bits per heavy atom. The van der Waals surface area contributed by atoms with E-state index in [0.717, 1.165) is 22.9 Å². The van der Waals surface area contributed by atoms with Gasteiger partial charge in [-0.1, -0.05) is 24.3 Å². The van der Waals surface area contributed by atoms with Gasteiger partial charge in [-0.05, 0) is 24.3 Å². The summed E-state index contributed by atoms with van der Waals surface area (Å²) >= 11 is 0. The number of pyridine rings is 1. The maximum atomic E-state index is 4.53. The summed E-state index contributed by atoms with van der Waals surface area (Å²) in [5, 5.41) is 8.85. The van der Waals surface area contributed by atoms with Crippen molar-refractivity contribution in [1.82, 2.24) is 29.5 Å². The van der Waals surface area contributed by atoms with E-state index in [1.165, 1.54) is 0 Å². The summed E-state index contributed by atoms with van der Waals surface area (Å²) in [6.07, 6.45) is 7.23. The summed E-state index contributed by atoms with van der Waals surface area (Å²) in [5.74, 6) is 0.819. The average Bonchev–Trinajstić information content (AvgIpc) is 3.26. The van der Waals surface area contributed by atoms with Crippen LogP contribution in [0.5, 0.6) is 0 Å². The molecule has 3 heterocycles. The zero-order valence-electron chi connectivity index (χ0n) is 12.3. The van der Waals surface area contributed by atoms with Crippen molar-refractivity contribution in [2.24, 2.45) is 0 Å². The lowest BCUT2D eigenvalue weighted by molar-refractivity contribution is 0.713. The van der Waals surface area contributed by atoms with Crippen LogP contribution in [0.4, 0.5) is 0 Å². The quantitative estimate of drug-likeness (QED) is 0.581. The van der Waals surface area contributed by atoms with E-state index in [-0.39, 0.29) is 0 Å². The molecule has 3 aromatic heterocycles. The molecule has 4 aromatic rings. The van der Waals surface area contributed by atoms with Gasteiger partial charge in [0.05, 0.1) is 18.4 Å². The van der Waals surface area contributed by atoms with Gasteiger partial charge in [0.1, 0.15) is 11.4 Å². The Bertz CT molecular complexity index is 895. The van der Waals surface area contributed by atoms with Crippen molar-refractivity contribution in [3.05, 3.63) is 79.0 Å². The fraction of sp³-hybridized carbons (Fsp3) is 0.0588. The third-order valence-electron chi connectivity index (χ3n) is 3.47. The highest BCUT2D eigenvalue weighted by atomic mass is 15.5. The average molecular weight is 302 g/mol. The van der Waals surface area contributed by atoms with E-state index in [1.54, 1.807) is 23.4 Å². The Kier molecular flexibility index (Phi) is 3.40. The molecule has 0 saturated carbocycles. The molecule has 0 aliphatic carbocycles. The van der Waals surface area contributed by atoms with Crippen molar-refractivity contribution < 1.29 is 0 Å². The van der Waals surface area contributed by atoms with Crippen LogP contribution in [0.1, 0.15) is 5.69 Å². The molecule has 0 saturated heterocycles. The van der Waals surface area contributed by atoms with Crippen LogP contribution in [0.3, 0.4) is 0 Å². The maximum absolute atomic E-state index is 4.53. The predicted octanol–water partition coefficient (Wildman–Crippen LogP) is 2.57. The SMILES string of the molecule is c1ccc(-n2ncc(Cn3ccnc3-c3ccccn3)n2)cc1. The minimum Gasteiger partial charge on any atom is -0.324 e. The van der Waals surface area contributed by atoms with Gasteiger partial charge in [0.15, 0.2) is 5.82 Å². The minimum absolute atomic E-state index is 0.596. The molecule has 6 nitrogen and oxygen atoms in total. The van der Waals surface area contributed by atoms with Crippen LogP contribution in [0.2, 0.25) is 0 Å². The summed E-state index contributed by atoms with van der Waals surface area (Å²) in [6, 6.07) is 15.6. The highest BCUT2D eigenvalue weighted by Crippen LogP contribution is 2.15. The molecule has 0 aliphatic rings. The smallest absolute Gasteiger partial charge is 0.158 e. The summed E-state index contributed by atoms with van der Waals surface area (Å²) in [5.41, 5.74) is 2.64. The minimum atomic E-state index is 0.596. The molecule has 0 aliphatic heterocycles. The summed E-state index contributed by atoms with van der Waals surface area (Å²) in [4.78, 5) is 10.4. The first-order chi connectivity index (χ1) is 11.4. The normalized spacial score (nSPS) is 10.8. The number of hydrogen-bond donors (Lipinski definition) is 0. The first-order valence-electron chi connectivity index (χ1n) is 7.29. The Hall–Kier alpha value is -3.28. The molecule has 0 N–H and O–H groups in total. The molecule has 0 fully saturated rings. The van der Waals surface area contributed by atoms with Crippen LogP contribution >= 0.6 is 0 Å². The molecule has 0 unspecified atom stereocenters. The van der Waals surface area contributed by atoms with Crippen molar-refractivity contribution in [2.45, 2.75) is 6.54 Å². The highest BCUT2D eigenvalue weighted by Gasteiger charge is 2.09. The predicted molar refractivity (Wildman–Crippen MR) is 85.9 cm³/mol. The molecule has 0 atom stereocenters. The molecule has 0 radical (unpaired) electrons. The largest absolute Gasteiger partial charge is 0.324 e. The monoisotopic (exact) mass is 302 g/mol. The van der Waals surface area contributed by atoms with Gasteiger partial charge < -0.3 is 4.57 Å². The lowest BCUT2D eigenvalue weighted by Crippen LogP contribution is -2.04. The van der Waals surface area contributed by atoms with Crippen LogP contribution in [-0.2, 0) is 6.54 Å². The number of aromatic nitrogens is 6. The number of benzene rings is 1. The van der Waals surface area contributed by atoms with E-state index in [1.807, 2.05) is 59.3 Å². The zero-order valence-corrected chi connectivity index (χ0v) is 12.3. The number of para-hydroxylation sites is 1. The van der Waals surface area contributed by atoms with Gasteiger partial charge in [0, 0.05) is 18.6 Å². The third kappa shape index (κ3) is 2.74. The second kappa shape index (κ2) is 5.84. The molecule has 23 heavy (non-hydrogen) atoms. The van der Waals surface area contributed by atoms with Crippen molar-refractivity contribution in [1.29, 1.82) is 0 Å². The van der Waals surface area contributed by atoms with E-state index >= 15 is 0 Å². The van der Waals surface area contributed by atoms with Gasteiger partial charge in [-0.3, -0.25) is 4.98 Å². The van der Waals surface area contributed by atoms with Gasteiger partial charge in [-0.25, -0.2) is 4.98 Å². The summed E-state index contributed by atoms with van der Waals surface area (Å²) in [7, 11) is 0. The second-order valence-corrected chi connectivity index (χ2v) is 5.05. The molecule has 6 heteroatoms. The van der Waals surface area contributed by atoms with E-state index in [4.69, 9.17) is 0 Å². The van der Waals surface area contributed by atoms with Crippen molar-refractivity contribution in [3.63, 3.8) is 0 Å². The van der Waals surface area contributed by atoms with Gasteiger partial charge in [0.2, 0.25) is 0 Å². The Labute approximate surface area is 133 Å². The number of hydrogen-bond acceptors (Lipinski definition) is 4. The van der Waals surface area contributed by atoms with Crippen LogP contribution in [0.25, 0.3) is 17.2 Å². The van der Waals surface area contributed by atoms with E-state index in [9.17, 15) is 0 Å². The number of rotatable bonds is 4. The molecule has 112 valence electrons. The van der Waals surface area contributed by atoms with Gasteiger partial charge >= 0.3 is 0 Å². The van der Waals surface area contributed by atoms with Crippen LogP contribution in [0.15, 0.2) is 73.3 Å². The van der Waals surface area contributed by atoms with E-state index in [0.29, 0.717) is 6.54 Å². The molecule has 0 bridgehead atoms. The number of imidazole rings is 1. The highest BCUT2D eigenvalue weighted by molar-refractivity contribution is 5.49. The van der Waals surface area contributed by atoms with Crippen molar-refractivity contribution in [2.75, 3.05) is 0 Å². The maximum Gasteiger partial charge on any atom is 0.158 e. The number of nitrogens with zero attached hydrogens (tertiary/aromatic N) is 6. The molecular formula is C17H14N6. The molecule has 0 amide bonds. The summed E-state index contributed by atoms with van der Waals surface area (Å²) in [6.45, 7) is 0.596. The second-order valence-electron chi connectivity index (χ2n) is 5.05. The first-order valence-corrected chi connectivity index (χ1v) is 7.29. The van der Waals surface area contributed by atoms with Crippen LogP contribution in [0, 0.1) is 0 Å². The standard InChI is InChI=1S/C17H14N6/c1-2-6-15(7-3-1)23-20-12-14(21-23)13-22-11-10-19-17(22)16-8-4-5-9-18-16/h1-12H,13H2. The third-order valence-corrected chi connectivity index (χ3v) is 3.47.